The molecule has 1 atom stereocenters. The molecule has 0 aromatic heterocycles. The Morgan fingerprint density at radius 1 is 1.29 bits per heavy atom. The Morgan fingerprint density at radius 2 is 1.43 bits per heavy atom. The predicted molar refractivity (Wildman–Crippen MR) is 54.2 cm³/mol. The minimum absolute atomic E-state index is 0.139. The SMILES string of the molecule is CC(C)C(=O)O.CC(O)CO.COC. The average Bonchev–Trinajstić information content (AvgIpc) is 2.06. The normalized spacial score (nSPS) is 10.6. The summed E-state index contributed by atoms with van der Waals surface area (Å²) in [7, 11) is 3.25. The Balaban J connectivity index is -0.000000138. The number of aliphatic hydroxyl groups excluding tert-OH is 2. The Labute approximate surface area is 85.3 Å². The van der Waals surface area contributed by atoms with E-state index in [0.717, 1.165) is 0 Å². The van der Waals surface area contributed by atoms with Gasteiger partial charge in [0.15, 0.2) is 0 Å². The van der Waals surface area contributed by atoms with Crippen molar-refractivity contribution in [3.8, 4) is 0 Å². The molecule has 0 radical (unpaired) electrons. The molecule has 0 aromatic carbocycles. The third kappa shape index (κ3) is 42.5. The summed E-state index contributed by atoms with van der Waals surface area (Å²) in [6.07, 6.45) is -0.560. The third-order valence-electron chi connectivity index (χ3n) is 0.758. The summed E-state index contributed by atoms with van der Waals surface area (Å²) < 4.78 is 4.25. The van der Waals surface area contributed by atoms with Gasteiger partial charge in [-0.1, -0.05) is 13.8 Å². The first-order valence-corrected chi connectivity index (χ1v) is 4.25. The molecule has 5 heteroatoms. The van der Waals surface area contributed by atoms with Crippen LogP contribution in [0.4, 0.5) is 0 Å². The quantitative estimate of drug-likeness (QED) is 0.612. The summed E-state index contributed by atoms with van der Waals surface area (Å²) in [5, 5.41) is 24.0. The third-order valence-corrected chi connectivity index (χ3v) is 0.758. The zero-order valence-electron chi connectivity index (χ0n) is 9.52. The van der Waals surface area contributed by atoms with E-state index in [-0.39, 0.29) is 12.5 Å². The second-order valence-electron chi connectivity index (χ2n) is 2.93. The number of aliphatic carboxylic acids is 1. The van der Waals surface area contributed by atoms with Crippen LogP contribution in [0.1, 0.15) is 20.8 Å². The molecule has 5 nitrogen and oxygen atoms in total. The fourth-order valence-corrected chi connectivity index (χ4v) is 0. The highest BCUT2D eigenvalue weighted by molar-refractivity contribution is 5.68. The molecule has 0 amide bonds. The largest absolute Gasteiger partial charge is 0.481 e. The van der Waals surface area contributed by atoms with Gasteiger partial charge in [0.2, 0.25) is 0 Å². The Bertz CT molecular complexity index is 112. The van der Waals surface area contributed by atoms with Crippen LogP contribution in [0.3, 0.4) is 0 Å². The molecule has 0 rings (SSSR count). The lowest BCUT2D eigenvalue weighted by Crippen LogP contribution is -2.03. The highest BCUT2D eigenvalue weighted by atomic mass is 16.4. The van der Waals surface area contributed by atoms with Crippen LogP contribution >= 0.6 is 0 Å². The molecular weight excluding hydrogens is 188 g/mol. The van der Waals surface area contributed by atoms with Crippen LogP contribution < -0.4 is 0 Å². The molecule has 0 heterocycles. The van der Waals surface area contributed by atoms with Crippen molar-refractivity contribution in [2.45, 2.75) is 26.9 Å². The van der Waals surface area contributed by atoms with Crippen molar-refractivity contribution in [2.24, 2.45) is 5.92 Å². The van der Waals surface area contributed by atoms with Gasteiger partial charge in [0.25, 0.3) is 0 Å². The van der Waals surface area contributed by atoms with E-state index in [1.807, 2.05) is 0 Å². The van der Waals surface area contributed by atoms with Crippen LogP contribution in [-0.4, -0.2) is 48.2 Å². The zero-order valence-corrected chi connectivity index (χ0v) is 9.52. The molecule has 1 unspecified atom stereocenters. The molecule has 0 bridgehead atoms. The number of rotatable bonds is 2. The molecule has 14 heavy (non-hydrogen) atoms. The summed E-state index contributed by atoms with van der Waals surface area (Å²) in [4.78, 5) is 9.70. The predicted octanol–water partition coefficient (Wildman–Crippen LogP) is 0.349. The fourth-order valence-electron chi connectivity index (χ4n) is 0. The first-order valence-electron chi connectivity index (χ1n) is 4.25. The lowest BCUT2D eigenvalue weighted by molar-refractivity contribution is -0.140. The number of aliphatic hydroxyl groups is 2. The number of carbonyl (C=O) groups is 1. The summed E-state index contributed by atoms with van der Waals surface area (Å²) in [6, 6.07) is 0. The summed E-state index contributed by atoms with van der Waals surface area (Å²) >= 11 is 0. The van der Waals surface area contributed by atoms with E-state index < -0.39 is 12.1 Å². The van der Waals surface area contributed by atoms with Crippen molar-refractivity contribution < 1.29 is 24.9 Å². The summed E-state index contributed by atoms with van der Waals surface area (Å²) in [5.41, 5.74) is 0. The van der Waals surface area contributed by atoms with Crippen molar-refractivity contribution in [1.82, 2.24) is 0 Å². The fraction of sp³-hybridized carbons (Fsp3) is 0.889. The Kier molecular flexibility index (Phi) is 20.2. The lowest BCUT2D eigenvalue weighted by atomic mass is 10.2. The van der Waals surface area contributed by atoms with Crippen LogP contribution in [0.25, 0.3) is 0 Å². The summed E-state index contributed by atoms with van der Waals surface area (Å²) in [6.45, 7) is 4.67. The van der Waals surface area contributed by atoms with Gasteiger partial charge in [-0.05, 0) is 6.92 Å². The molecular formula is C9H22O5. The lowest BCUT2D eigenvalue weighted by Gasteiger charge is -1.90. The van der Waals surface area contributed by atoms with E-state index >= 15 is 0 Å². The van der Waals surface area contributed by atoms with E-state index in [1.165, 1.54) is 6.92 Å². The second-order valence-corrected chi connectivity index (χ2v) is 2.93. The number of carboxylic acids is 1. The first-order chi connectivity index (χ1) is 6.33. The molecule has 0 aliphatic heterocycles. The zero-order chi connectivity index (χ0) is 12.1. The topological polar surface area (TPSA) is 87.0 Å². The van der Waals surface area contributed by atoms with Crippen molar-refractivity contribution in [3.63, 3.8) is 0 Å². The van der Waals surface area contributed by atoms with Gasteiger partial charge in [-0.3, -0.25) is 4.79 Å². The minimum atomic E-state index is -0.741. The van der Waals surface area contributed by atoms with Crippen LogP contribution in [-0.2, 0) is 9.53 Å². The number of hydrogen-bond acceptors (Lipinski definition) is 4. The van der Waals surface area contributed by atoms with Gasteiger partial charge in [-0.15, -0.1) is 0 Å². The van der Waals surface area contributed by atoms with E-state index in [9.17, 15) is 4.79 Å². The van der Waals surface area contributed by atoms with E-state index in [4.69, 9.17) is 15.3 Å². The highest BCUT2D eigenvalue weighted by Crippen LogP contribution is 1.87. The molecule has 0 aromatic rings. The van der Waals surface area contributed by atoms with Crippen LogP contribution in [0.2, 0.25) is 0 Å². The molecule has 0 aliphatic carbocycles. The van der Waals surface area contributed by atoms with Crippen LogP contribution in [0.5, 0.6) is 0 Å². The number of hydrogen-bond donors (Lipinski definition) is 3. The molecule has 3 N–H and O–H groups in total. The van der Waals surface area contributed by atoms with Crippen LogP contribution in [0.15, 0.2) is 0 Å². The van der Waals surface area contributed by atoms with E-state index in [1.54, 1.807) is 28.1 Å². The number of ether oxygens (including phenoxy) is 1. The molecule has 0 fully saturated rings. The molecule has 0 aliphatic rings. The summed E-state index contributed by atoms with van der Waals surface area (Å²) in [5.74, 6) is -0.972. The number of carboxylic acid groups (broad SMARTS) is 1. The molecule has 0 saturated carbocycles. The molecule has 0 spiro atoms. The standard InChI is InChI=1S/C4H8O2.C3H8O2.C2H6O/c1-3(2)4(5)6;1-3(5)2-4;1-3-2/h3H,1-2H3,(H,5,6);3-5H,2H2,1H3;1-2H3. The monoisotopic (exact) mass is 210 g/mol. The smallest absolute Gasteiger partial charge is 0.305 e. The maximum atomic E-state index is 9.70. The van der Waals surface area contributed by atoms with Gasteiger partial charge in [0.05, 0.1) is 18.6 Å². The average molecular weight is 210 g/mol. The molecule has 0 saturated heterocycles. The van der Waals surface area contributed by atoms with Gasteiger partial charge < -0.3 is 20.1 Å². The van der Waals surface area contributed by atoms with Crippen LogP contribution in [0, 0.1) is 5.92 Å². The highest BCUT2D eigenvalue weighted by Gasteiger charge is 1.99. The van der Waals surface area contributed by atoms with E-state index in [0.29, 0.717) is 0 Å². The van der Waals surface area contributed by atoms with Crippen molar-refractivity contribution >= 4 is 5.97 Å². The minimum Gasteiger partial charge on any atom is -0.481 e. The van der Waals surface area contributed by atoms with Crippen molar-refractivity contribution in [3.05, 3.63) is 0 Å². The van der Waals surface area contributed by atoms with Crippen molar-refractivity contribution in [2.75, 3.05) is 20.8 Å². The van der Waals surface area contributed by atoms with E-state index in [2.05, 4.69) is 4.74 Å². The van der Waals surface area contributed by atoms with Crippen molar-refractivity contribution in [1.29, 1.82) is 0 Å². The van der Waals surface area contributed by atoms with Gasteiger partial charge in [0, 0.05) is 14.2 Å². The van der Waals surface area contributed by atoms with Gasteiger partial charge in [-0.25, -0.2) is 0 Å². The maximum Gasteiger partial charge on any atom is 0.305 e. The molecule has 88 valence electrons. The van der Waals surface area contributed by atoms with Gasteiger partial charge in [0.1, 0.15) is 0 Å². The Hall–Kier alpha value is -0.650. The van der Waals surface area contributed by atoms with Gasteiger partial charge in [-0.2, -0.15) is 0 Å². The number of methoxy groups -OCH3 is 1. The Morgan fingerprint density at radius 3 is 1.43 bits per heavy atom. The maximum absolute atomic E-state index is 9.70. The first kappa shape index (κ1) is 19.0. The second kappa shape index (κ2) is 14.9. The van der Waals surface area contributed by atoms with Gasteiger partial charge >= 0.3 is 5.97 Å².